The van der Waals surface area contributed by atoms with Gasteiger partial charge in [0.1, 0.15) is 11.6 Å². The molecule has 0 bridgehead atoms. The topological polar surface area (TPSA) is 17.1 Å². The zero-order valence-corrected chi connectivity index (χ0v) is 16.6. The van der Waals surface area contributed by atoms with Crippen LogP contribution in [0.5, 0.6) is 0 Å². The molecule has 0 aliphatic carbocycles. The first-order chi connectivity index (χ1) is 12.4. The predicted octanol–water partition coefficient (Wildman–Crippen LogP) is 6.80. The molecule has 2 unspecified atom stereocenters. The van der Waals surface area contributed by atoms with Crippen molar-refractivity contribution in [2.75, 3.05) is 0 Å². The third kappa shape index (κ3) is 5.31. The summed E-state index contributed by atoms with van der Waals surface area (Å²) in [7, 11) is -2.87. The molecule has 2 aromatic carbocycles. The van der Waals surface area contributed by atoms with Gasteiger partial charge in [0.25, 0.3) is 0 Å². The van der Waals surface area contributed by atoms with Gasteiger partial charge in [0, 0.05) is 25.0 Å². The molecule has 2 aromatic rings. The van der Waals surface area contributed by atoms with Crippen LogP contribution >= 0.6 is 11.6 Å². The van der Waals surface area contributed by atoms with Crippen molar-refractivity contribution in [3.63, 3.8) is 0 Å². The Kier molecular flexibility index (Phi) is 7.66. The maximum absolute atomic E-state index is 14.4. The number of benzene rings is 2. The van der Waals surface area contributed by atoms with Crippen LogP contribution in [0.15, 0.2) is 47.4 Å². The van der Waals surface area contributed by atoms with Crippen molar-refractivity contribution in [1.82, 2.24) is 0 Å². The van der Waals surface area contributed by atoms with Crippen molar-refractivity contribution in [1.29, 1.82) is 0 Å². The lowest BCUT2D eigenvalue weighted by atomic mass is 10.0. The highest BCUT2D eigenvalue weighted by Gasteiger charge is 2.26. The quantitative estimate of drug-likeness (QED) is 0.335. The monoisotopic (exact) mass is 398 g/mol. The molecule has 0 aromatic heterocycles. The fourth-order valence-corrected chi connectivity index (χ4v) is 5.26. The van der Waals surface area contributed by atoms with E-state index in [1.807, 2.05) is 0 Å². The fraction of sp³-hybridized carbons (Fsp3) is 0.381. The summed E-state index contributed by atoms with van der Waals surface area (Å²) in [4.78, 5) is 0.504. The van der Waals surface area contributed by atoms with E-state index in [-0.39, 0.29) is 5.56 Å². The van der Waals surface area contributed by atoms with Gasteiger partial charge in [-0.15, -0.1) is 0 Å². The Bertz CT molecular complexity index is 816. The molecule has 1 nitrogen and oxygen atoms in total. The Balaban J connectivity index is 2.36. The first kappa shape index (κ1) is 20.9. The van der Waals surface area contributed by atoms with Crippen LogP contribution in [0.4, 0.5) is 8.78 Å². The van der Waals surface area contributed by atoms with E-state index in [4.69, 9.17) is 11.6 Å². The molecule has 26 heavy (non-hydrogen) atoms. The van der Waals surface area contributed by atoms with Gasteiger partial charge in [-0.3, -0.25) is 4.21 Å². The standard InChI is InChI=1S/C21H25ClF2OS/c1-3-4-5-6-7-8-21(19-15-17(23)11-14-20(19)24)26(2,25)18-12-9-16(22)10-13-18/h9-15,21H,2-8H2,1H3. The number of hydrogen-bond acceptors (Lipinski definition) is 1. The minimum atomic E-state index is -2.87. The molecule has 0 radical (unpaired) electrons. The number of hydrogen-bond donors (Lipinski definition) is 0. The maximum Gasteiger partial charge on any atom is 0.127 e. The van der Waals surface area contributed by atoms with Gasteiger partial charge in [0.15, 0.2) is 0 Å². The molecular formula is C21H25ClF2OS. The van der Waals surface area contributed by atoms with E-state index in [2.05, 4.69) is 12.8 Å². The van der Waals surface area contributed by atoms with E-state index in [0.29, 0.717) is 16.3 Å². The Labute approximate surface area is 160 Å². The molecule has 0 aliphatic rings. The zero-order chi connectivity index (χ0) is 19.2. The Morgan fingerprint density at radius 2 is 1.69 bits per heavy atom. The van der Waals surface area contributed by atoms with E-state index in [0.717, 1.165) is 50.3 Å². The second kappa shape index (κ2) is 9.52. The average Bonchev–Trinajstić information content (AvgIpc) is 2.61. The Hall–Kier alpha value is -1.39. The lowest BCUT2D eigenvalue weighted by Crippen LogP contribution is -2.15. The van der Waals surface area contributed by atoms with Gasteiger partial charge in [-0.25, -0.2) is 8.78 Å². The summed E-state index contributed by atoms with van der Waals surface area (Å²) < 4.78 is 41.7. The minimum absolute atomic E-state index is 0.135. The van der Waals surface area contributed by atoms with Gasteiger partial charge in [-0.2, -0.15) is 0 Å². The summed E-state index contributed by atoms with van der Waals surface area (Å²) in [5, 5.41) is -0.155. The maximum atomic E-state index is 14.4. The molecule has 0 spiro atoms. The first-order valence-corrected chi connectivity index (χ1v) is 11.1. The van der Waals surface area contributed by atoms with Gasteiger partial charge in [0.05, 0.1) is 5.25 Å². The van der Waals surface area contributed by atoms with Crippen LogP contribution in [-0.2, 0) is 9.52 Å². The fourth-order valence-electron chi connectivity index (χ4n) is 3.07. The lowest BCUT2D eigenvalue weighted by molar-refractivity contribution is 0.556. The van der Waals surface area contributed by atoms with E-state index < -0.39 is 26.4 Å². The molecule has 2 atom stereocenters. The van der Waals surface area contributed by atoms with E-state index in [1.165, 1.54) is 0 Å². The predicted molar refractivity (Wildman–Crippen MR) is 107 cm³/mol. The summed E-state index contributed by atoms with van der Waals surface area (Å²) >= 11 is 5.91. The SMILES string of the molecule is C=S(=O)(c1ccc(Cl)cc1)C(CCCCCCC)c1cc(F)ccc1F. The summed E-state index contributed by atoms with van der Waals surface area (Å²) in [6.07, 6.45) is 5.59. The summed E-state index contributed by atoms with van der Waals surface area (Å²) in [5.41, 5.74) is 0.135. The third-order valence-electron chi connectivity index (χ3n) is 4.55. The summed E-state index contributed by atoms with van der Waals surface area (Å²) in [6, 6.07) is 9.89. The van der Waals surface area contributed by atoms with Gasteiger partial charge in [-0.1, -0.05) is 50.6 Å². The van der Waals surface area contributed by atoms with Crippen molar-refractivity contribution >= 4 is 27.0 Å². The highest BCUT2D eigenvalue weighted by Crippen LogP contribution is 2.35. The molecule has 142 valence electrons. The molecule has 0 fully saturated rings. The van der Waals surface area contributed by atoms with Crippen molar-refractivity contribution in [2.24, 2.45) is 0 Å². The van der Waals surface area contributed by atoms with Gasteiger partial charge >= 0.3 is 0 Å². The molecule has 0 N–H and O–H groups in total. The van der Waals surface area contributed by atoms with Crippen LogP contribution in [0.2, 0.25) is 5.02 Å². The molecule has 0 saturated carbocycles. The zero-order valence-electron chi connectivity index (χ0n) is 15.0. The molecule has 0 aliphatic heterocycles. The molecular weight excluding hydrogens is 374 g/mol. The van der Waals surface area contributed by atoms with Crippen molar-refractivity contribution in [2.45, 2.75) is 55.6 Å². The van der Waals surface area contributed by atoms with Crippen LogP contribution in [0, 0.1) is 11.6 Å². The highest BCUT2D eigenvalue weighted by atomic mass is 35.5. The van der Waals surface area contributed by atoms with Gasteiger partial charge in [-0.05, 0) is 54.8 Å². The first-order valence-electron chi connectivity index (χ1n) is 8.93. The van der Waals surface area contributed by atoms with E-state index in [9.17, 15) is 13.0 Å². The van der Waals surface area contributed by atoms with Crippen LogP contribution in [0.25, 0.3) is 0 Å². The number of rotatable bonds is 9. The molecule has 0 heterocycles. The molecule has 2 rings (SSSR count). The molecule has 0 amide bonds. The number of unbranched alkanes of at least 4 members (excludes halogenated alkanes) is 4. The summed E-state index contributed by atoms with van der Waals surface area (Å²) in [5.74, 6) is 2.84. The smallest absolute Gasteiger partial charge is 0.127 e. The van der Waals surface area contributed by atoms with Crippen LogP contribution < -0.4 is 0 Å². The largest absolute Gasteiger partial charge is 0.263 e. The van der Waals surface area contributed by atoms with E-state index in [1.54, 1.807) is 24.3 Å². The number of halogens is 3. The molecule has 0 saturated heterocycles. The second-order valence-electron chi connectivity index (χ2n) is 6.54. The normalized spacial score (nSPS) is 14.8. The third-order valence-corrected chi connectivity index (χ3v) is 7.28. The highest BCUT2D eigenvalue weighted by molar-refractivity contribution is 8.00. The van der Waals surface area contributed by atoms with Crippen LogP contribution in [0.1, 0.15) is 56.3 Å². The average molecular weight is 399 g/mol. The summed E-state index contributed by atoms with van der Waals surface area (Å²) in [6.45, 7) is 2.13. The van der Waals surface area contributed by atoms with Gasteiger partial charge < -0.3 is 0 Å². The van der Waals surface area contributed by atoms with Crippen molar-refractivity contribution in [3.05, 3.63) is 64.7 Å². The second-order valence-corrected chi connectivity index (χ2v) is 9.47. The van der Waals surface area contributed by atoms with Crippen molar-refractivity contribution in [3.8, 4) is 0 Å². The molecule has 5 heteroatoms. The van der Waals surface area contributed by atoms with Crippen LogP contribution in [-0.4, -0.2) is 10.1 Å². The minimum Gasteiger partial charge on any atom is -0.263 e. The van der Waals surface area contributed by atoms with Crippen LogP contribution in [0.3, 0.4) is 0 Å². The van der Waals surface area contributed by atoms with E-state index >= 15 is 0 Å². The van der Waals surface area contributed by atoms with Crippen molar-refractivity contribution < 1.29 is 13.0 Å². The van der Waals surface area contributed by atoms with Gasteiger partial charge in [0.2, 0.25) is 0 Å². The Morgan fingerprint density at radius 1 is 1.04 bits per heavy atom. The Morgan fingerprint density at radius 3 is 2.35 bits per heavy atom. The lowest BCUT2D eigenvalue weighted by Gasteiger charge is -2.23.